The Morgan fingerprint density at radius 3 is 2.27 bits per heavy atom. The molecule has 0 atom stereocenters. The SMILES string of the molecule is COc1ccc(CC[NH2+]Cc2cc(C)c(OC)cc2C)cc1. The van der Waals surface area contributed by atoms with E-state index in [-0.39, 0.29) is 0 Å². The van der Waals surface area contributed by atoms with Gasteiger partial charge >= 0.3 is 0 Å². The lowest BCUT2D eigenvalue weighted by Crippen LogP contribution is -2.83. The highest BCUT2D eigenvalue weighted by molar-refractivity contribution is 5.41. The summed E-state index contributed by atoms with van der Waals surface area (Å²) in [5.74, 6) is 1.89. The fourth-order valence-corrected chi connectivity index (χ4v) is 2.61. The quantitative estimate of drug-likeness (QED) is 0.798. The Bertz CT molecular complexity index is 606. The number of quaternary nitrogens is 1. The Balaban J connectivity index is 1.84. The molecule has 0 unspecified atom stereocenters. The summed E-state index contributed by atoms with van der Waals surface area (Å²) in [6, 6.07) is 12.7. The zero-order chi connectivity index (χ0) is 15.9. The van der Waals surface area contributed by atoms with Crippen LogP contribution in [0.1, 0.15) is 22.3 Å². The third-order valence-corrected chi connectivity index (χ3v) is 4.01. The number of hydrogen-bond donors (Lipinski definition) is 1. The summed E-state index contributed by atoms with van der Waals surface area (Å²) in [7, 11) is 3.42. The molecule has 0 aliphatic rings. The summed E-state index contributed by atoms with van der Waals surface area (Å²) in [5, 5.41) is 2.36. The van der Waals surface area contributed by atoms with Crippen LogP contribution in [0.3, 0.4) is 0 Å². The van der Waals surface area contributed by atoms with Gasteiger partial charge in [-0.05, 0) is 54.8 Å². The molecule has 3 heteroatoms. The summed E-state index contributed by atoms with van der Waals surface area (Å²) >= 11 is 0. The second-order valence-electron chi connectivity index (χ2n) is 5.63. The maximum Gasteiger partial charge on any atom is 0.122 e. The largest absolute Gasteiger partial charge is 0.497 e. The van der Waals surface area contributed by atoms with Gasteiger partial charge in [-0.15, -0.1) is 0 Å². The molecule has 22 heavy (non-hydrogen) atoms. The van der Waals surface area contributed by atoms with Gasteiger partial charge in [0.15, 0.2) is 0 Å². The number of ether oxygens (including phenoxy) is 2. The Hall–Kier alpha value is -2.00. The molecular formula is C19H26NO2+. The molecule has 0 saturated carbocycles. The van der Waals surface area contributed by atoms with E-state index in [1.165, 1.54) is 22.3 Å². The summed E-state index contributed by atoms with van der Waals surface area (Å²) in [6.07, 6.45) is 1.07. The van der Waals surface area contributed by atoms with Crippen LogP contribution in [0.5, 0.6) is 11.5 Å². The first-order chi connectivity index (χ1) is 10.6. The minimum Gasteiger partial charge on any atom is -0.497 e. The fraction of sp³-hybridized carbons (Fsp3) is 0.368. The molecule has 0 bridgehead atoms. The maximum atomic E-state index is 5.36. The van der Waals surface area contributed by atoms with Crippen LogP contribution in [0.4, 0.5) is 0 Å². The van der Waals surface area contributed by atoms with E-state index in [1.54, 1.807) is 14.2 Å². The normalized spacial score (nSPS) is 10.5. The van der Waals surface area contributed by atoms with E-state index in [2.05, 4.69) is 43.4 Å². The third-order valence-electron chi connectivity index (χ3n) is 4.01. The van der Waals surface area contributed by atoms with Gasteiger partial charge in [0.25, 0.3) is 0 Å². The van der Waals surface area contributed by atoms with Crippen molar-refractivity contribution in [2.45, 2.75) is 26.8 Å². The average molecular weight is 300 g/mol. The van der Waals surface area contributed by atoms with Crippen molar-refractivity contribution in [3.63, 3.8) is 0 Å². The highest BCUT2D eigenvalue weighted by Gasteiger charge is 2.06. The summed E-state index contributed by atoms with van der Waals surface area (Å²) in [6.45, 7) is 6.33. The van der Waals surface area contributed by atoms with Gasteiger partial charge in [0.05, 0.1) is 20.8 Å². The van der Waals surface area contributed by atoms with Crippen LogP contribution in [-0.2, 0) is 13.0 Å². The molecule has 118 valence electrons. The minimum absolute atomic E-state index is 0.914. The number of rotatable bonds is 7. The van der Waals surface area contributed by atoms with Crippen LogP contribution in [0, 0.1) is 13.8 Å². The molecule has 2 N–H and O–H groups in total. The molecular weight excluding hydrogens is 274 g/mol. The Morgan fingerprint density at radius 2 is 1.64 bits per heavy atom. The molecule has 0 fully saturated rings. The Kier molecular flexibility index (Phi) is 5.84. The lowest BCUT2D eigenvalue weighted by atomic mass is 10.0. The van der Waals surface area contributed by atoms with Crippen LogP contribution in [-0.4, -0.2) is 20.8 Å². The predicted molar refractivity (Wildman–Crippen MR) is 89.7 cm³/mol. The smallest absolute Gasteiger partial charge is 0.122 e. The number of nitrogens with two attached hydrogens (primary N) is 1. The minimum atomic E-state index is 0.914. The van der Waals surface area contributed by atoms with Crippen molar-refractivity contribution in [2.75, 3.05) is 20.8 Å². The summed E-state index contributed by atoms with van der Waals surface area (Å²) in [4.78, 5) is 0. The third kappa shape index (κ3) is 4.25. The van der Waals surface area contributed by atoms with E-state index in [0.717, 1.165) is 31.0 Å². The summed E-state index contributed by atoms with van der Waals surface area (Å²) < 4.78 is 10.5. The van der Waals surface area contributed by atoms with Crippen LogP contribution in [0.2, 0.25) is 0 Å². The topological polar surface area (TPSA) is 35.1 Å². The van der Waals surface area contributed by atoms with Gasteiger partial charge in [0, 0.05) is 12.0 Å². The van der Waals surface area contributed by atoms with Gasteiger partial charge in [-0.3, -0.25) is 0 Å². The van der Waals surface area contributed by atoms with Gasteiger partial charge in [-0.25, -0.2) is 0 Å². The van der Waals surface area contributed by atoms with Crippen molar-refractivity contribution in [3.8, 4) is 11.5 Å². The van der Waals surface area contributed by atoms with Gasteiger partial charge in [0.2, 0.25) is 0 Å². The highest BCUT2D eigenvalue weighted by atomic mass is 16.5. The number of methoxy groups -OCH3 is 2. The van der Waals surface area contributed by atoms with Crippen LogP contribution in [0.25, 0.3) is 0 Å². The van der Waals surface area contributed by atoms with Gasteiger partial charge in [-0.2, -0.15) is 0 Å². The Labute approximate surface area is 133 Å². The van der Waals surface area contributed by atoms with E-state index in [9.17, 15) is 0 Å². The molecule has 2 aromatic rings. The Morgan fingerprint density at radius 1 is 0.909 bits per heavy atom. The second-order valence-corrected chi connectivity index (χ2v) is 5.63. The van der Waals surface area contributed by atoms with Crippen LogP contribution >= 0.6 is 0 Å². The molecule has 2 rings (SSSR count). The molecule has 0 radical (unpaired) electrons. The van der Waals surface area contributed by atoms with E-state index >= 15 is 0 Å². The van der Waals surface area contributed by atoms with Crippen molar-refractivity contribution in [1.29, 1.82) is 0 Å². The molecule has 0 aromatic heterocycles. The maximum absolute atomic E-state index is 5.36. The number of benzene rings is 2. The molecule has 0 aliphatic heterocycles. The average Bonchev–Trinajstić information content (AvgIpc) is 2.54. The molecule has 0 saturated heterocycles. The molecule has 0 amide bonds. The van der Waals surface area contributed by atoms with E-state index < -0.39 is 0 Å². The van der Waals surface area contributed by atoms with Gasteiger partial charge in [0.1, 0.15) is 18.0 Å². The first-order valence-corrected chi connectivity index (χ1v) is 7.72. The molecule has 0 heterocycles. The van der Waals surface area contributed by atoms with Crippen molar-refractivity contribution < 1.29 is 14.8 Å². The van der Waals surface area contributed by atoms with Crippen molar-refractivity contribution in [3.05, 3.63) is 58.7 Å². The summed E-state index contributed by atoms with van der Waals surface area (Å²) in [5.41, 5.74) is 5.22. The first-order valence-electron chi connectivity index (χ1n) is 7.72. The lowest BCUT2D eigenvalue weighted by Gasteiger charge is -2.10. The molecule has 0 spiro atoms. The first kappa shape index (κ1) is 16.4. The van der Waals surface area contributed by atoms with E-state index in [4.69, 9.17) is 9.47 Å². The van der Waals surface area contributed by atoms with Crippen molar-refractivity contribution in [2.24, 2.45) is 0 Å². The highest BCUT2D eigenvalue weighted by Crippen LogP contribution is 2.21. The lowest BCUT2D eigenvalue weighted by molar-refractivity contribution is -0.670. The fourth-order valence-electron chi connectivity index (χ4n) is 2.61. The van der Waals surface area contributed by atoms with Crippen molar-refractivity contribution in [1.82, 2.24) is 0 Å². The molecule has 2 aromatic carbocycles. The molecule has 0 aliphatic carbocycles. The van der Waals surface area contributed by atoms with Gasteiger partial charge < -0.3 is 14.8 Å². The second kappa shape index (κ2) is 7.85. The van der Waals surface area contributed by atoms with Crippen LogP contribution in [0.15, 0.2) is 36.4 Å². The van der Waals surface area contributed by atoms with Crippen LogP contribution < -0.4 is 14.8 Å². The standard InChI is InChI=1S/C19H25NO2/c1-14-12-19(22-4)15(2)11-17(14)13-20-10-9-16-5-7-18(21-3)8-6-16/h5-8,11-12,20H,9-10,13H2,1-4H3/p+1. The van der Waals surface area contributed by atoms with Crippen molar-refractivity contribution >= 4 is 0 Å². The monoisotopic (exact) mass is 300 g/mol. The predicted octanol–water partition coefficient (Wildman–Crippen LogP) is 2.63. The zero-order valence-corrected chi connectivity index (χ0v) is 14.0. The molecule has 3 nitrogen and oxygen atoms in total. The number of aryl methyl sites for hydroxylation is 2. The zero-order valence-electron chi connectivity index (χ0n) is 14.0. The van der Waals surface area contributed by atoms with E-state index in [0.29, 0.717) is 0 Å². The number of hydrogen-bond acceptors (Lipinski definition) is 2. The van der Waals surface area contributed by atoms with Gasteiger partial charge in [-0.1, -0.05) is 12.1 Å². The van der Waals surface area contributed by atoms with E-state index in [1.807, 2.05) is 12.1 Å².